The van der Waals surface area contributed by atoms with Gasteiger partial charge in [0.15, 0.2) is 6.10 Å². The van der Waals surface area contributed by atoms with Gasteiger partial charge in [0.1, 0.15) is 11.9 Å². The average molecular weight is 315 g/mol. The maximum absolute atomic E-state index is 13.3. The summed E-state index contributed by atoms with van der Waals surface area (Å²) < 4.78 is 18.8. The average Bonchev–Trinajstić information content (AvgIpc) is 2.57. The molecule has 0 spiro atoms. The normalized spacial score (nSPS) is 19.7. The molecule has 1 saturated heterocycles. The van der Waals surface area contributed by atoms with E-state index in [0.29, 0.717) is 25.3 Å². The van der Waals surface area contributed by atoms with Crippen molar-refractivity contribution in [3.8, 4) is 0 Å². The van der Waals surface area contributed by atoms with Gasteiger partial charge in [-0.2, -0.15) is 0 Å². The third kappa shape index (κ3) is 3.57. The van der Waals surface area contributed by atoms with Crippen molar-refractivity contribution in [2.24, 2.45) is 0 Å². The number of halogens is 1. The third-order valence-electron chi connectivity index (χ3n) is 3.91. The predicted molar refractivity (Wildman–Crippen MR) is 83.0 cm³/mol. The summed E-state index contributed by atoms with van der Waals surface area (Å²) in [5.41, 5.74) is 1.35. The fraction of sp³-hybridized carbons (Fsp3) is 0.278. The van der Waals surface area contributed by atoms with Crippen LogP contribution in [0.4, 0.5) is 4.39 Å². The number of nitrogens with zero attached hydrogens (tertiary/aromatic N) is 1. The number of amides is 1. The van der Waals surface area contributed by atoms with Crippen molar-refractivity contribution < 1.29 is 19.0 Å². The molecule has 0 unspecified atom stereocenters. The quantitative estimate of drug-likeness (QED) is 0.942. The van der Waals surface area contributed by atoms with Gasteiger partial charge in [0.2, 0.25) is 0 Å². The van der Waals surface area contributed by atoms with Crippen LogP contribution < -0.4 is 0 Å². The van der Waals surface area contributed by atoms with Crippen LogP contribution in [0.2, 0.25) is 0 Å². The SMILES string of the molecule is O=C1[C@H]([C@H](O)c2cccc(F)c2)OCCN1Cc1ccccc1. The first kappa shape index (κ1) is 15.6. The highest BCUT2D eigenvalue weighted by Gasteiger charge is 2.35. The van der Waals surface area contributed by atoms with Crippen LogP contribution in [0.15, 0.2) is 54.6 Å². The summed E-state index contributed by atoms with van der Waals surface area (Å²) in [6.07, 6.45) is -2.19. The second-order valence-corrected chi connectivity index (χ2v) is 5.54. The first-order chi connectivity index (χ1) is 11.1. The molecule has 2 aromatic carbocycles. The van der Waals surface area contributed by atoms with Crippen LogP contribution in [-0.2, 0) is 16.1 Å². The Hall–Kier alpha value is -2.24. The molecule has 1 aliphatic rings. The highest BCUT2D eigenvalue weighted by atomic mass is 19.1. The van der Waals surface area contributed by atoms with E-state index in [1.807, 2.05) is 30.3 Å². The molecule has 1 heterocycles. The molecule has 0 bridgehead atoms. The van der Waals surface area contributed by atoms with Gasteiger partial charge in [-0.15, -0.1) is 0 Å². The zero-order valence-electron chi connectivity index (χ0n) is 12.6. The van der Waals surface area contributed by atoms with Crippen molar-refractivity contribution in [2.45, 2.75) is 18.8 Å². The summed E-state index contributed by atoms with van der Waals surface area (Å²) >= 11 is 0. The van der Waals surface area contributed by atoms with Crippen molar-refractivity contribution >= 4 is 5.91 Å². The maximum Gasteiger partial charge on any atom is 0.255 e. The minimum Gasteiger partial charge on any atom is -0.385 e. The van der Waals surface area contributed by atoms with Crippen LogP contribution in [0, 0.1) is 5.82 Å². The maximum atomic E-state index is 13.3. The molecule has 1 aliphatic heterocycles. The summed E-state index contributed by atoms with van der Waals surface area (Å²) in [7, 11) is 0. The number of hydrogen-bond acceptors (Lipinski definition) is 3. The molecule has 3 rings (SSSR count). The molecule has 1 fully saturated rings. The van der Waals surface area contributed by atoms with Crippen molar-refractivity contribution in [3.05, 3.63) is 71.5 Å². The molecule has 2 atom stereocenters. The largest absolute Gasteiger partial charge is 0.385 e. The Morgan fingerprint density at radius 3 is 2.74 bits per heavy atom. The van der Waals surface area contributed by atoms with E-state index in [4.69, 9.17) is 4.74 Å². The Labute approximate surface area is 134 Å². The van der Waals surface area contributed by atoms with Crippen LogP contribution in [0.5, 0.6) is 0 Å². The Morgan fingerprint density at radius 2 is 2.00 bits per heavy atom. The molecule has 2 aromatic rings. The van der Waals surface area contributed by atoms with Gasteiger partial charge in [0.05, 0.1) is 6.61 Å². The number of rotatable bonds is 4. The fourth-order valence-corrected chi connectivity index (χ4v) is 2.70. The first-order valence-corrected chi connectivity index (χ1v) is 7.53. The lowest BCUT2D eigenvalue weighted by Crippen LogP contribution is -2.49. The Balaban J connectivity index is 1.74. The lowest BCUT2D eigenvalue weighted by atomic mass is 10.0. The van der Waals surface area contributed by atoms with E-state index < -0.39 is 18.0 Å². The lowest BCUT2D eigenvalue weighted by Gasteiger charge is -2.34. The van der Waals surface area contributed by atoms with E-state index in [9.17, 15) is 14.3 Å². The van der Waals surface area contributed by atoms with Gasteiger partial charge in [-0.1, -0.05) is 42.5 Å². The molecular formula is C18H18FNO3. The van der Waals surface area contributed by atoms with Gasteiger partial charge in [-0.3, -0.25) is 4.79 Å². The van der Waals surface area contributed by atoms with Crippen LogP contribution in [0.1, 0.15) is 17.2 Å². The van der Waals surface area contributed by atoms with Crippen molar-refractivity contribution in [2.75, 3.05) is 13.2 Å². The molecule has 120 valence electrons. The predicted octanol–water partition coefficient (Wildman–Crippen LogP) is 2.29. The molecule has 0 saturated carbocycles. The van der Waals surface area contributed by atoms with Crippen molar-refractivity contribution in [1.82, 2.24) is 4.90 Å². The summed E-state index contributed by atoms with van der Waals surface area (Å²) in [4.78, 5) is 14.2. The van der Waals surface area contributed by atoms with Gasteiger partial charge in [0, 0.05) is 13.1 Å². The Kier molecular flexibility index (Phi) is 4.69. The minimum absolute atomic E-state index is 0.281. The fourth-order valence-electron chi connectivity index (χ4n) is 2.70. The van der Waals surface area contributed by atoms with E-state index in [1.165, 1.54) is 18.2 Å². The zero-order chi connectivity index (χ0) is 16.2. The monoisotopic (exact) mass is 315 g/mol. The summed E-state index contributed by atoms with van der Waals surface area (Å²) in [6, 6.07) is 15.2. The number of morpholine rings is 1. The number of aliphatic hydroxyl groups is 1. The third-order valence-corrected chi connectivity index (χ3v) is 3.91. The number of carbonyl (C=O) groups is 1. The highest BCUT2D eigenvalue weighted by molar-refractivity contribution is 5.82. The summed E-state index contributed by atoms with van der Waals surface area (Å²) in [6.45, 7) is 1.28. The molecule has 23 heavy (non-hydrogen) atoms. The lowest BCUT2D eigenvalue weighted by molar-refractivity contribution is -0.164. The summed E-state index contributed by atoms with van der Waals surface area (Å²) in [5.74, 6) is -0.734. The number of ether oxygens (including phenoxy) is 1. The van der Waals surface area contributed by atoms with E-state index >= 15 is 0 Å². The Morgan fingerprint density at radius 1 is 1.22 bits per heavy atom. The minimum atomic E-state index is -1.18. The second kappa shape index (κ2) is 6.89. The van der Waals surface area contributed by atoms with Crippen LogP contribution in [0.25, 0.3) is 0 Å². The van der Waals surface area contributed by atoms with Crippen LogP contribution in [0.3, 0.4) is 0 Å². The van der Waals surface area contributed by atoms with E-state index in [2.05, 4.69) is 0 Å². The van der Waals surface area contributed by atoms with Crippen molar-refractivity contribution in [3.63, 3.8) is 0 Å². The Bertz CT molecular complexity index is 677. The first-order valence-electron chi connectivity index (χ1n) is 7.53. The smallest absolute Gasteiger partial charge is 0.255 e. The van der Waals surface area contributed by atoms with Crippen LogP contribution >= 0.6 is 0 Å². The number of hydrogen-bond donors (Lipinski definition) is 1. The van der Waals surface area contributed by atoms with Gasteiger partial charge in [-0.25, -0.2) is 4.39 Å². The van der Waals surface area contributed by atoms with Gasteiger partial charge < -0.3 is 14.7 Å². The highest BCUT2D eigenvalue weighted by Crippen LogP contribution is 2.24. The van der Waals surface area contributed by atoms with Gasteiger partial charge in [0.25, 0.3) is 5.91 Å². The summed E-state index contributed by atoms with van der Waals surface area (Å²) in [5, 5.41) is 10.4. The van der Waals surface area contributed by atoms with E-state index in [1.54, 1.807) is 11.0 Å². The molecule has 4 nitrogen and oxygen atoms in total. The topological polar surface area (TPSA) is 49.8 Å². The van der Waals surface area contributed by atoms with Gasteiger partial charge in [-0.05, 0) is 23.3 Å². The molecule has 1 amide bonds. The van der Waals surface area contributed by atoms with Crippen LogP contribution in [-0.4, -0.2) is 35.2 Å². The molecule has 0 aromatic heterocycles. The second-order valence-electron chi connectivity index (χ2n) is 5.54. The number of carbonyl (C=O) groups excluding carboxylic acids is 1. The molecule has 0 aliphatic carbocycles. The van der Waals surface area contributed by atoms with E-state index in [-0.39, 0.29) is 5.91 Å². The molecule has 0 radical (unpaired) electrons. The molecular weight excluding hydrogens is 297 g/mol. The molecule has 1 N–H and O–H groups in total. The zero-order valence-corrected chi connectivity index (χ0v) is 12.6. The number of benzene rings is 2. The number of aliphatic hydroxyl groups excluding tert-OH is 1. The van der Waals surface area contributed by atoms with Crippen molar-refractivity contribution in [1.29, 1.82) is 0 Å². The van der Waals surface area contributed by atoms with E-state index in [0.717, 1.165) is 5.56 Å². The molecule has 5 heteroatoms. The standard InChI is InChI=1S/C18H18FNO3/c19-15-8-4-7-14(11-15)16(21)17-18(22)20(9-10-23-17)12-13-5-2-1-3-6-13/h1-8,11,16-17,21H,9-10,12H2/t16-,17+/m1/s1. The van der Waals surface area contributed by atoms with Gasteiger partial charge >= 0.3 is 0 Å².